The van der Waals surface area contributed by atoms with Gasteiger partial charge in [0.15, 0.2) is 5.03 Å². The third-order valence-corrected chi connectivity index (χ3v) is 5.92. The lowest BCUT2D eigenvalue weighted by Gasteiger charge is -2.24. The first kappa shape index (κ1) is 19.4. The van der Waals surface area contributed by atoms with Gasteiger partial charge in [-0.25, -0.2) is 18.4 Å². The van der Waals surface area contributed by atoms with Crippen LogP contribution in [0.2, 0.25) is 0 Å². The number of alkyl halides is 3. The van der Waals surface area contributed by atoms with Gasteiger partial charge in [-0.15, -0.1) is 0 Å². The van der Waals surface area contributed by atoms with Crippen LogP contribution in [-0.2, 0) is 16.0 Å². The number of hydrogen-bond acceptors (Lipinski definition) is 7. The molecule has 11 heteroatoms. The highest BCUT2D eigenvalue weighted by Gasteiger charge is 2.40. The van der Waals surface area contributed by atoms with Crippen LogP contribution in [0.3, 0.4) is 0 Å². The zero-order chi connectivity index (χ0) is 19.7. The van der Waals surface area contributed by atoms with Crippen LogP contribution < -0.4 is 16.4 Å². The molecule has 0 amide bonds. The molecule has 1 aromatic carbocycles. The van der Waals surface area contributed by atoms with Gasteiger partial charge < -0.3 is 16.4 Å². The van der Waals surface area contributed by atoms with Crippen molar-refractivity contribution in [2.75, 3.05) is 24.1 Å². The summed E-state index contributed by atoms with van der Waals surface area (Å²) in [5, 5.41) is 4.91. The van der Waals surface area contributed by atoms with Gasteiger partial charge in [-0.05, 0) is 31.5 Å². The van der Waals surface area contributed by atoms with E-state index < -0.39 is 31.5 Å². The van der Waals surface area contributed by atoms with E-state index in [2.05, 4.69) is 20.6 Å². The van der Waals surface area contributed by atoms with Crippen LogP contribution in [-0.4, -0.2) is 37.5 Å². The Kier molecular flexibility index (Phi) is 5.24. The average Bonchev–Trinajstić information content (AvgIpc) is 2.62. The summed E-state index contributed by atoms with van der Waals surface area (Å²) in [5.74, 6) is -0.176. The molecule has 1 saturated heterocycles. The highest BCUT2D eigenvalue weighted by molar-refractivity contribution is 7.91. The molecule has 146 valence electrons. The number of sulfone groups is 1. The predicted octanol–water partition coefficient (Wildman–Crippen LogP) is 2.07. The molecule has 1 fully saturated rings. The molecular weight excluding hydrogens is 383 g/mol. The molecule has 0 radical (unpaired) electrons. The third-order valence-electron chi connectivity index (χ3n) is 4.15. The minimum atomic E-state index is -4.93. The second kappa shape index (κ2) is 7.31. The van der Waals surface area contributed by atoms with E-state index in [0.717, 1.165) is 25.5 Å². The number of para-hydroxylation sites is 1. The summed E-state index contributed by atoms with van der Waals surface area (Å²) in [6.07, 6.45) is -2.80. The van der Waals surface area contributed by atoms with Crippen molar-refractivity contribution in [3.63, 3.8) is 0 Å². The van der Waals surface area contributed by atoms with Crippen molar-refractivity contribution in [3.8, 4) is 0 Å². The normalized spacial score (nSPS) is 18.3. The van der Waals surface area contributed by atoms with Crippen LogP contribution in [0.1, 0.15) is 18.4 Å². The molecule has 2 heterocycles. The number of piperidine rings is 1. The van der Waals surface area contributed by atoms with Gasteiger partial charge in [0.25, 0.3) is 0 Å². The maximum atomic E-state index is 13.4. The van der Waals surface area contributed by atoms with Crippen molar-refractivity contribution >= 4 is 21.5 Å². The van der Waals surface area contributed by atoms with Gasteiger partial charge in [-0.3, -0.25) is 0 Å². The second-order valence-electron chi connectivity index (χ2n) is 6.14. The second-order valence-corrected chi connectivity index (χ2v) is 7.97. The van der Waals surface area contributed by atoms with E-state index in [1.807, 2.05) is 0 Å². The number of anilines is 2. The molecule has 27 heavy (non-hydrogen) atoms. The maximum absolute atomic E-state index is 13.4. The summed E-state index contributed by atoms with van der Waals surface area (Å²) in [4.78, 5) is 6.94. The van der Waals surface area contributed by atoms with Gasteiger partial charge in [0.2, 0.25) is 15.8 Å². The van der Waals surface area contributed by atoms with Gasteiger partial charge >= 0.3 is 6.18 Å². The Bertz CT molecular complexity index is 928. The SMILES string of the molecule is Nc1ccccc1S(=O)(=O)c1nc(N[C@H]2CCCNC2)ncc1C(F)(F)F. The van der Waals surface area contributed by atoms with E-state index in [-0.39, 0.29) is 17.7 Å². The molecule has 1 aromatic heterocycles. The molecule has 3 rings (SSSR count). The van der Waals surface area contributed by atoms with Crippen molar-refractivity contribution in [1.82, 2.24) is 15.3 Å². The Hall–Kier alpha value is -2.40. The minimum Gasteiger partial charge on any atom is -0.398 e. The highest BCUT2D eigenvalue weighted by atomic mass is 32.2. The monoisotopic (exact) mass is 401 g/mol. The molecule has 0 unspecified atom stereocenters. The zero-order valence-corrected chi connectivity index (χ0v) is 14.9. The van der Waals surface area contributed by atoms with Crippen molar-refractivity contribution in [2.24, 2.45) is 0 Å². The fourth-order valence-electron chi connectivity index (χ4n) is 2.82. The fourth-order valence-corrected chi connectivity index (χ4v) is 4.33. The number of halogens is 3. The molecule has 1 aliphatic heterocycles. The number of rotatable bonds is 4. The Morgan fingerprint density at radius 1 is 1.26 bits per heavy atom. The molecular formula is C16H18F3N5O2S. The zero-order valence-electron chi connectivity index (χ0n) is 14.1. The number of nitrogens with zero attached hydrogens (tertiary/aromatic N) is 2. The van der Waals surface area contributed by atoms with Crippen LogP contribution >= 0.6 is 0 Å². The Balaban J connectivity index is 2.08. The minimum absolute atomic E-state index is 0.104. The first-order chi connectivity index (χ1) is 12.7. The van der Waals surface area contributed by atoms with Gasteiger partial charge in [-0.1, -0.05) is 12.1 Å². The lowest BCUT2D eigenvalue weighted by molar-refractivity contribution is -0.140. The fraction of sp³-hybridized carbons (Fsp3) is 0.375. The summed E-state index contributed by atoms with van der Waals surface area (Å²) in [7, 11) is -4.60. The molecule has 0 aliphatic carbocycles. The Morgan fingerprint density at radius 3 is 2.63 bits per heavy atom. The number of nitrogens with two attached hydrogens (primary N) is 1. The van der Waals surface area contributed by atoms with Crippen LogP contribution in [0, 0.1) is 0 Å². The smallest absolute Gasteiger partial charge is 0.398 e. The van der Waals surface area contributed by atoms with E-state index in [0.29, 0.717) is 12.7 Å². The number of benzene rings is 1. The van der Waals surface area contributed by atoms with Crippen LogP contribution in [0.4, 0.5) is 24.8 Å². The highest BCUT2D eigenvalue weighted by Crippen LogP contribution is 2.36. The van der Waals surface area contributed by atoms with Crippen LogP contribution in [0.25, 0.3) is 0 Å². The summed E-state index contributed by atoms with van der Waals surface area (Å²) < 4.78 is 65.8. The largest absolute Gasteiger partial charge is 0.420 e. The van der Waals surface area contributed by atoms with Gasteiger partial charge in [0.1, 0.15) is 5.56 Å². The van der Waals surface area contributed by atoms with Gasteiger partial charge in [0.05, 0.1) is 10.6 Å². The van der Waals surface area contributed by atoms with Crippen molar-refractivity contribution in [3.05, 3.63) is 36.0 Å². The molecule has 0 spiro atoms. The summed E-state index contributed by atoms with van der Waals surface area (Å²) >= 11 is 0. The van der Waals surface area contributed by atoms with Crippen LogP contribution in [0.15, 0.2) is 40.4 Å². The molecule has 2 aromatic rings. The molecule has 1 atom stereocenters. The van der Waals surface area contributed by atoms with E-state index in [1.54, 1.807) is 0 Å². The third kappa shape index (κ3) is 4.14. The topological polar surface area (TPSA) is 110 Å². The van der Waals surface area contributed by atoms with Crippen molar-refractivity contribution in [1.29, 1.82) is 0 Å². The Labute approximate surface area is 154 Å². The van der Waals surface area contributed by atoms with E-state index in [1.165, 1.54) is 18.2 Å². The van der Waals surface area contributed by atoms with Gasteiger partial charge in [-0.2, -0.15) is 13.2 Å². The average molecular weight is 401 g/mol. The first-order valence-corrected chi connectivity index (χ1v) is 9.69. The van der Waals surface area contributed by atoms with Crippen LogP contribution in [0.5, 0.6) is 0 Å². The molecule has 0 bridgehead atoms. The lowest BCUT2D eigenvalue weighted by Crippen LogP contribution is -2.39. The van der Waals surface area contributed by atoms with Gasteiger partial charge in [0, 0.05) is 18.8 Å². The van der Waals surface area contributed by atoms with E-state index in [4.69, 9.17) is 5.73 Å². The van der Waals surface area contributed by atoms with E-state index in [9.17, 15) is 21.6 Å². The van der Waals surface area contributed by atoms with Crippen molar-refractivity contribution < 1.29 is 21.6 Å². The van der Waals surface area contributed by atoms with Crippen molar-refractivity contribution in [2.45, 2.75) is 35.0 Å². The standard InChI is InChI=1S/C16H18F3N5O2S/c17-16(18,19)11-9-22-15(23-10-4-3-7-21-8-10)24-14(11)27(25,26)13-6-2-1-5-12(13)20/h1-2,5-6,9-10,21H,3-4,7-8,20H2,(H,22,23,24)/t10-/m0/s1. The molecule has 4 N–H and O–H groups in total. The molecule has 1 aliphatic rings. The van der Waals surface area contributed by atoms with E-state index >= 15 is 0 Å². The lowest BCUT2D eigenvalue weighted by atomic mass is 10.1. The Morgan fingerprint density at radius 2 is 2.00 bits per heavy atom. The number of aromatic nitrogens is 2. The summed E-state index contributed by atoms with van der Waals surface area (Å²) in [5.41, 5.74) is 4.07. The first-order valence-electron chi connectivity index (χ1n) is 8.20. The quantitative estimate of drug-likeness (QED) is 0.531. The number of nitrogen functional groups attached to an aromatic ring is 1. The summed E-state index contributed by atoms with van der Waals surface area (Å²) in [6, 6.07) is 5.21. The maximum Gasteiger partial charge on any atom is 0.420 e. The molecule has 0 saturated carbocycles. The molecule has 7 nitrogen and oxygen atoms in total. The predicted molar refractivity (Wildman–Crippen MR) is 92.9 cm³/mol. The summed E-state index contributed by atoms with van der Waals surface area (Å²) in [6.45, 7) is 1.43. The number of nitrogens with one attached hydrogen (secondary N) is 2. The number of hydrogen-bond donors (Lipinski definition) is 3.